The van der Waals surface area contributed by atoms with Gasteiger partial charge in [-0.1, -0.05) is 30.3 Å². The van der Waals surface area contributed by atoms with Gasteiger partial charge >= 0.3 is 0 Å². The van der Waals surface area contributed by atoms with Crippen LogP contribution in [-0.2, 0) is 0 Å². The molecule has 0 amide bonds. The summed E-state index contributed by atoms with van der Waals surface area (Å²) in [6.45, 7) is 0. The average Bonchev–Trinajstić information content (AvgIpc) is 2.99. The molecule has 1 aromatic carbocycles. The fourth-order valence-corrected chi connectivity index (χ4v) is 2.33. The van der Waals surface area contributed by atoms with Crippen molar-refractivity contribution in [2.24, 2.45) is 0 Å². The minimum absolute atomic E-state index is 0.372. The van der Waals surface area contributed by atoms with Crippen molar-refractivity contribution in [3.63, 3.8) is 0 Å². The molecule has 106 valence electrons. The number of hydrogen-bond donors (Lipinski definition) is 2. The van der Waals surface area contributed by atoms with Crippen molar-refractivity contribution in [1.29, 1.82) is 0 Å². The topological polar surface area (TPSA) is 93.4 Å². The number of rotatable bonds is 2. The average molecular weight is 288 g/mol. The van der Waals surface area contributed by atoms with Crippen LogP contribution < -0.4 is 5.73 Å². The number of H-pyrrole nitrogens is 1. The molecule has 0 bridgehead atoms. The predicted octanol–water partition coefficient (Wildman–Crippen LogP) is 2.66. The molecule has 0 saturated carbocycles. The molecule has 0 saturated heterocycles. The minimum Gasteiger partial charge on any atom is -0.382 e. The van der Waals surface area contributed by atoms with E-state index in [1.165, 1.54) is 6.20 Å². The first-order chi connectivity index (χ1) is 10.8. The molecule has 6 nitrogen and oxygen atoms in total. The van der Waals surface area contributed by atoms with Crippen LogP contribution in [0.1, 0.15) is 0 Å². The molecule has 4 rings (SSSR count). The number of nitrogens with one attached hydrogen (secondary N) is 1. The zero-order valence-electron chi connectivity index (χ0n) is 11.6. The fourth-order valence-electron chi connectivity index (χ4n) is 2.33. The zero-order chi connectivity index (χ0) is 14.9. The van der Waals surface area contributed by atoms with Gasteiger partial charge in [0.15, 0.2) is 11.5 Å². The first kappa shape index (κ1) is 12.5. The molecule has 0 fully saturated rings. The van der Waals surface area contributed by atoms with Crippen LogP contribution in [-0.4, -0.2) is 24.9 Å². The molecule has 0 radical (unpaired) electrons. The van der Waals surface area contributed by atoms with E-state index in [1.807, 2.05) is 42.5 Å². The van der Waals surface area contributed by atoms with Crippen molar-refractivity contribution < 1.29 is 0 Å². The van der Waals surface area contributed by atoms with Crippen LogP contribution in [0.25, 0.3) is 33.9 Å². The second kappa shape index (κ2) is 4.92. The highest BCUT2D eigenvalue weighted by molar-refractivity contribution is 5.80. The van der Waals surface area contributed by atoms with Crippen LogP contribution in [0.15, 0.2) is 54.9 Å². The van der Waals surface area contributed by atoms with E-state index in [0.29, 0.717) is 23.0 Å². The standard InChI is InChI=1S/C16H12N6/c17-12-9-19-14(13(21-12)10-5-2-1-3-6-10)16-20-11-7-4-8-18-15(11)22-16/h1-9H,(H2,17,21)(H,18,20,22). The second-order valence-electron chi connectivity index (χ2n) is 4.81. The summed E-state index contributed by atoms with van der Waals surface area (Å²) < 4.78 is 0. The minimum atomic E-state index is 0.372. The Labute approximate surface area is 126 Å². The second-order valence-corrected chi connectivity index (χ2v) is 4.81. The van der Waals surface area contributed by atoms with E-state index in [1.54, 1.807) is 6.20 Å². The summed E-state index contributed by atoms with van der Waals surface area (Å²) in [6, 6.07) is 13.5. The monoisotopic (exact) mass is 288 g/mol. The summed E-state index contributed by atoms with van der Waals surface area (Å²) in [4.78, 5) is 20.8. The number of fused-ring (bicyclic) bond motifs is 1. The van der Waals surface area contributed by atoms with Crippen molar-refractivity contribution >= 4 is 17.0 Å². The number of nitrogens with two attached hydrogens (primary N) is 1. The number of aromatic amines is 1. The Morgan fingerprint density at radius 3 is 2.55 bits per heavy atom. The predicted molar refractivity (Wildman–Crippen MR) is 84.8 cm³/mol. The van der Waals surface area contributed by atoms with Crippen LogP contribution in [0.2, 0.25) is 0 Å². The third-order valence-corrected chi connectivity index (χ3v) is 3.32. The van der Waals surface area contributed by atoms with Gasteiger partial charge in [-0.15, -0.1) is 0 Å². The third kappa shape index (κ3) is 2.07. The maximum absolute atomic E-state index is 5.80. The SMILES string of the molecule is Nc1cnc(-c2nc3cccnc3[nH]2)c(-c2ccccc2)n1. The lowest BCUT2D eigenvalue weighted by Gasteiger charge is -2.06. The molecule has 4 aromatic rings. The summed E-state index contributed by atoms with van der Waals surface area (Å²) in [5.41, 5.74) is 9.59. The van der Waals surface area contributed by atoms with E-state index in [4.69, 9.17) is 5.73 Å². The van der Waals surface area contributed by atoms with Gasteiger partial charge < -0.3 is 10.7 Å². The molecular weight excluding hydrogens is 276 g/mol. The molecule has 0 aliphatic heterocycles. The first-order valence-electron chi connectivity index (χ1n) is 6.80. The summed E-state index contributed by atoms with van der Waals surface area (Å²) >= 11 is 0. The lowest BCUT2D eigenvalue weighted by molar-refractivity contribution is 1.17. The molecule has 0 unspecified atom stereocenters. The van der Waals surface area contributed by atoms with Crippen LogP contribution >= 0.6 is 0 Å². The Kier molecular flexibility index (Phi) is 2.79. The van der Waals surface area contributed by atoms with Gasteiger partial charge in [-0.05, 0) is 12.1 Å². The Morgan fingerprint density at radius 2 is 1.73 bits per heavy atom. The maximum Gasteiger partial charge on any atom is 0.160 e. The normalized spacial score (nSPS) is 10.9. The number of aromatic nitrogens is 5. The summed E-state index contributed by atoms with van der Waals surface area (Å²) in [5.74, 6) is 0.997. The van der Waals surface area contributed by atoms with Crippen molar-refractivity contribution in [1.82, 2.24) is 24.9 Å². The summed E-state index contributed by atoms with van der Waals surface area (Å²) in [6.07, 6.45) is 3.25. The van der Waals surface area contributed by atoms with Crippen molar-refractivity contribution in [3.05, 3.63) is 54.9 Å². The lowest BCUT2D eigenvalue weighted by Crippen LogP contribution is -1.99. The molecule has 22 heavy (non-hydrogen) atoms. The number of benzene rings is 1. The van der Waals surface area contributed by atoms with E-state index < -0.39 is 0 Å². The molecule has 3 heterocycles. The molecule has 3 aromatic heterocycles. The van der Waals surface area contributed by atoms with E-state index in [0.717, 1.165) is 16.7 Å². The van der Waals surface area contributed by atoms with E-state index >= 15 is 0 Å². The molecule has 0 spiro atoms. The number of hydrogen-bond acceptors (Lipinski definition) is 5. The molecule has 3 N–H and O–H groups in total. The van der Waals surface area contributed by atoms with E-state index in [-0.39, 0.29) is 0 Å². The van der Waals surface area contributed by atoms with Gasteiger partial charge in [0.1, 0.15) is 22.7 Å². The van der Waals surface area contributed by atoms with Crippen molar-refractivity contribution in [2.45, 2.75) is 0 Å². The van der Waals surface area contributed by atoms with Gasteiger partial charge in [-0.2, -0.15) is 0 Å². The quantitative estimate of drug-likeness (QED) is 0.591. The number of nitrogens with zero attached hydrogens (tertiary/aromatic N) is 4. The fraction of sp³-hybridized carbons (Fsp3) is 0. The molecular formula is C16H12N6. The first-order valence-corrected chi connectivity index (χ1v) is 6.80. The van der Waals surface area contributed by atoms with Gasteiger partial charge in [0.2, 0.25) is 0 Å². The van der Waals surface area contributed by atoms with Gasteiger partial charge in [0.05, 0.1) is 6.20 Å². The molecule has 6 heteroatoms. The van der Waals surface area contributed by atoms with Crippen LogP contribution in [0.4, 0.5) is 5.82 Å². The zero-order valence-corrected chi connectivity index (χ0v) is 11.6. The van der Waals surface area contributed by atoms with Crippen LogP contribution in [0.3, 0.4) is 0 Å². The Balaban J connectivity index is 1.95. The Hall–Kier alpha value is -3.28. The lowest BCUT2D eigenvalue weighted by atomic mass is 10.1. The van der Waals surface area contributed by atoms with Crippen molar-refractivity contribution in [3.8, 4) is 22.8 Å². The van der Waals surface area contributed by atoms with Crippen molar-refractivity contribution in [2.75, 3.05) is 5.73 Å². The number of imidazole rings is 1. The van der Waals surface area contributed by atoms with E-state index in [2.05, 4.69) is 24.9 Å². The Morgan fingerprint density at radius 1 is 0.864 bits per heavy atom. The van der Waals surface area contributed by atoms with Gasteiger partial charge in [0.25, 0.3) is 0 Å². The highest BCUT2D eigenvalue weighted by Crippen LogP contribution is 2.28. The highest BCUT2D eigenvalue weighted by Gasteiger charge is 2.15. The van der Waals surface area contributed by atoms with Gasteiger partial charge in [0, 0.05) is 11.8 Å². The van der Waals surface area contributed by atoms with Crippen LogP contribution in [0, 0.1) is 0 Å². The van der Waals surface area contributed by atoms with Gasteiger partial charge in [-0.3, -0.25) is 0 Å². The highest BCUT2D eigenvalue weighted by atomic mass is 15.0. The molecule has 0 atom stereocenters. The largest absolute Gasteiger partial charge is 0.382 e. The smallest absolute Gasteiger partial charge is 0.160 e. The number of pyridine rings is 1. The summed E-state index contributed by atoms with van der Waals surface area (Å²) in [7, 11) is 0. The Bertz CT molecular complexity index is 912. The molecule has 0 aliphatic carbocycles. The summed E-state index contributed by atoms with van der Waals surface area (Å²) in [5, 5.41) is 0. The maximum atomic E-state index is 5.80. The number of nitrogen functional groups attached to an aromatic ring is 1. The third-order valence-electron chi connectivity index (χ3n) is 3.32. The van der Waals surface area contributed by atoms with E-state index in [9.17, 15) is 0 Å². The molecule has 0 aliphatic rings. The number of anilines is 1. The van der Waals surface area contributed by atoms with Crippen LogP contribution in [0.5, 0.6) is 0 Å². The van der Waals surface area contributed by atoms with Gasteiger partial charge in [-0.25, -0.2) is 19.9 Å².